The van der Waals surface area contributed by atoms with Crippen LogP contribution < -0.4 is 11.5 Å². The SMILES string of the molecule is C=C/C(C)=N\C=C(N)N. The summed E-state index contributed by atoms with van der Waals surface area (Å²) < 4.78 is 0. The van der Waals surface area contributed by atoms with E-state index in [-0.39, 0.29) is 5.82 Å². The summed E-state index contributed by atoms with van der Waals surface area (Å²) in [6.45, 7) is 5.31. The second kappa shape index (κ2) is 3.72. The fourth-order valence-electron chi connectivity index (χ4n) is 0.229. The molecule has 0 aliphatic carbocycles. The molecule has 0 aliphatic rings. The molecule has 3 heteroatoms. The highest BCUT2D eigenvalue weighted by atomic mass is 14.8. The first kappa shape index (κ1) is 7.75. The third kappa shape index (κ3) is 4.61. The second-order valence-electron chi connectivity index (χ2n) is 1.60. The van der Waals surface area contributed by atoms with Gasteiger partial charge >= 0.3 is 0 Å². The summed E-state index contributed by atoms with van der Waals surface area (Å²) in [7, 11) is 0. The van der Waals surface area contributed by atoms with Crippen LogP contribution in [0.1, 0.15) is 6.92 Å². The van der Waals surface area contributed by atoms with Gasteiger partial charge in [-0.05, 0) is 13.0 Å². The van der Waals surface area contributed by atoms with Crippen molar-refractivity contribution in [3.8, 4) is 0 Å². The minimum absolute atomic E-state index is 0.205. The first-order valence-corrected chi connectivity index (χ1v) is 2.54. The fourth-order valence-corrected chi connectivity index (χ4v) is 0.229. The molecule has 0 bridgehead atoms. The molecule has 0 aliphatic heterocycles. The number of nitrogens with zero attached hydrogens (tertiary/aromatic N) is 1. The van der Waals surface area contributed by atoms with Crippen LogP contribution in [-0.2, 0) is 0 Å². The normalized spacial score (nSPS) is 10.6. The van der Waals surface area contributed by atoms with Gasteiger partial charge in [-0.15, -0.1) is 0 Å². The zero-order valence-electron chi connectivity index (χ0n) is 5.46. The lowest BCUT2D eigenvalue weighted by molar-refractivity contribution is 1.22. The Balaban J connectivity index is 3.98. The van der Waals surface area contributed by atoms with Crippen LogP contribution in [0.15, 0.2) is 29.7 Å². The van der Waals surface area contributed by atoms with Gasteiger partial charge in [-0.25, -0.2) is 0 Å². The third-order valence-electron chi connectivity index (χ3n) is 0.713. The fraction of sp³-hybridized carbons (Fsp3) is 0.167. The van der Waals surface area contributed by atoms with Crippen molar-refractivity contribution in [3.05, 3.63) is 24.7 Å². The number of hydrogen-bond donors (Lipinski definition) is 2. The lowest BCUT2D eigenvalue weighted by atomic mass is 10.4. The van der Waals surface area contributed by atoms with E-state index in [0.29, 0.717) is 0 Å². The first-order valence-electron chi connectivity index (χ1n) is 2.54. The number of allylic oxidation sites excluding steroid dienone is 1. The topological polar surface area (TPSA) is 64.4 Å². The molecule has 9 heavy (non-hydrogen) atoms. The quantitative estimate of drug-likeness (QED) is 0.523. The van der Waals surface area contributed by atoms with Crippen LogP contribution in [0.4, 0.5) is 0 Å². The van der Waals surface area contributed by atoms with Crippen LogP contribution in [0, 0.1) is 0 Å². The van der Waals surface area contributed by atoms with E-state index in [1.807, 2.05) is 6.92 Å². The zero-order valence-corrected chi connectivity index (χ0v) is 5.46. The van der Waals surface area contributed by atoms with Crippen LogP contribution in [0.2, 0.25) is 0 Å². The van der Waals surface area contributed by atoms with E-state index in [1.165, 1.54) is 6.20 Å². The van der Waals surface area contributed by atoms with Crippen molar-refractivity contribution in [3.63, 3.8) is 0 Å². The molecule has 0 aromatic carbocycles. The van der Waals surface area contributed by atoms with Crippen LogP contribution in [0.25, 0.3) is 0 Å². The van der Waals surface area contributed by atoms with E-state index >= 15 is 0 Å². The first-order chi connectivity index (χ1) is 4.16. The van der Waals surface area contributed by atoms with Gasteiger partial charge in [-0.3, -0.25) is 4.99 Å². The Bertz CT molecular complexity index is 152. The molecule has 0 amide bonds. The highest BCUT2D eigenvalue weighted by molar-refractivity contribution is 5.92. The van der Waals surface area contributed by atoms with Gasteiger partial charge in [-0.1, -0.05) is 6.58 Å². The summed E-state index contributed by atoms with van der Waals surface area (Å²) in [5, 5.41) is 0. The maximum absolute atomic E-state index is 5.09. The van der Waals surface area contributed by atoms with Gasteiger partial charge in [0.15, 0.2) is 0 Å². The Hall–Kier alpha value is -1.25. The monoisotopic (exact) mass is 125 g/mol. The Morgan fingerprint density at radius 2 is 2.11 bits per heavy atom. The highest BCUT2D eigenvalue weighted by Gasteiger charge is 1.76. The van der Waals surface area contributed by atoms with Crippen molar-refractivity contribution < 1.29 is 0 Å². The van der Waals surface area contributed by atoms with Crippen molar-refractivity contribution in [2.24, 2.45) is 16.5 Å². The maximum atomic E-state index is 5.09. The Kier molecular flexibility index (Phi) is 3.20. The molecule has 0 unspecified atom stereocenters. The second-order valence-corrected chi connectivity index (χ2v) is 1.60. The standard InChI is InChI=1S/C6H11N3/c1-3-5(2)9-4-6(7)8/h3-4H,1,7-8H2,2H3/b9-5-. The molecule has 0 saturated heterocycles. The average molecular weight is 125 g/mol. The van der Waals surface area contributed by atoms with Gasteiger partial charge in [0.05, 0.1) is 6.20 Å². The molecule has 0 saturated carbocycles. The molecule has 0 aromatic heterocycles. The van der Waals surface area contributed by atoms with Crippen LogP contribution in [0.5, 0.6) is 0 Å². The average Bonchev–Trinajstić information content (AvgIpc) is 1.83. The molecule has 0 fully saturated rings. The predicted octanol–water partition coefficient (Wildman–Crippen LogP) is 0.350. The van der Waals surface area contributed by atoms with Gasteiger partial charge in [0.2, 0.25) is 0 Å². The van der Waals surface area contributed by atoms with E-state index in [0.717, 1.165) is 5.71 Å². The Morgan fingerprint density at radius 1 is 1.56 bits per heavy atom. The molecular formula is C6H11N3. The lowest BCUT2D eigenvalue weighted by Gasteiger charge is -1.86. The van der Waals surface area contributed by atoms with Crippen LogP contribution in [0.3, 0.4) is 0 Å². The molecule has 3 nitrogen and oxygen atoms in total. The summed E-state index contributed by atoms with van der Waals surface area (Å²) in [5.41, 5.74) is 11.0. The molecule has 0 rings (SSSR count). The van der Waals surface area contributed by atoms with E-state index < -0.39 is 0 Å². The Labute approximate surface area is 54.8 Å². The number of rotatable bonds is 2. The smallest absolute Gasteiger partial charge is 0.112 e. The van der Waals surface area contributed by atoms with Gasteiger partial charge in [0.1, 0.15) is 5.82 Å². The molecule has 50 valence electrons. The minimum atomic E-state index is 0.205. The Morgan fingerprint density at radius 3 is 2.44 bits per heavy atom. The van der Waals surface area contributed by atoms with Crippen LogP contribution in [-0.4, -0.2) is 5.71 Å². The van der Waals surface area contributed by atoms with Crippen molar-refractivity contribution in [1.29, 1.82) is 0 Å². The van der Waals surface area contributed by atoms with Crippen LogP contribution >= 0.6 is 0 Å². The predicted molar refractivity (Wildman–Crippen MR) is 39.8 cm³/mol. The highest BCUT2D eigenvalue weighted by Crippen LogP contribution is 1.80. The molecule has 0 radical (unpaired) electrons. The van der Waals surface area contributed by atoms with Crippen molar-refractivity contribution in [1.82, 2.24) is 0 Å². The summed E-state index contributed by atoms with van der Waals surface area (Å²) in [4.78, 5) is 3.83. The van der Waals surface area contributed by atoms with Gasteiger partial charge in [0.25, 0.3) is 0 Å². The molecule has 0 aromatic rings. The number of nitrogens with two attached hydrogens (primary N) is 2. The van der Waals surface area contributed by atoms with Gasteiger partial charge in [-0.2, -0.15) is 0 Å². The minimum Gasteiger partial charge on any atom is -0.384 e. The number of aliphatic imine (C=N–C) groups is 1. The summed E-state index contributed by atoms with van der Waals surface area (Å²) in [5.74, 6) is 0.205. The van der Waals surface area contributed by atoms with Crippen molar-refractivity contribution in [2.75, 3.05) is 0 Å². The van der Waals surface area contributed by atoms with Gasteiger partial charge < -0.3 is 11.5 Å². The van der Waals surface area contributed by atoms with E-state index in [2.05, 4.69) is 11.6 Å². The number of hydrogen-bond acceptors (Lipinski definition) is 3. The molecule has 4 N–H and O–H groups in total. The summed E-state index contributed by atoms with van der Waals surface area (Å²) >= 11 is 0. The zero-order chi connectivity index (χ0) is 7.28. The maximum Gasteiger partial charge on any atom is 0.112 e. The largest absolute Gasteiger partial charge is 0.384 e. The lowest BCUT2D eigenvalue weighted by Crippen LogP contribution is -2.06. The summed E-state index contributed by atoms with van der Waals surface area (Å²) in [6.07, 6.45) is 3.01. The molecular weight excluding hydrogens is 114 g/mol. The van der Waals surface area contributed by atoms with Gasteiger partial charge in [0, 0.05) is 5.71 Å². The third-order valence-corrected chi connectivity index (χ3v) is 0.713. The molecule has 0 atom stereocenters. The van der Waals surface area contributed by atoms with E-state index in [9.17, 15) is 0 Å². The van der Waals surface area contributed by atoms with E-state index in [4.69, 9.17) is 11.5 Å². The van der Waals surface area contributed by atoms with Crippen molar-refractivity contribution >= 4 is 5.71 Å². The van der Waals surface area contributed by atoms with E-state index in [1.54, 1.807) is 6.08 Å². The summed E-state index contributed by atoms with van der Waals surface area (Å²) in [6, 6.07) is 0. The van der Waals surface area contributed by atoms with Crippen molar-refractivity contribution in [2.45, 2.75) is 6.92 Å². The molecule has 0 heterocycles. The molecule has 0 spiro atoms.